The van der Waals surface area contributed by atoms with Gasteiger partial charge < -0.3 is 5.32 Å². The highest BCUT2D eigenvalue weighted by atomic mass is 35.5. The SMILES string of the molecule is CC(C)CNCC(C)C.OCl. The molecule has 0 aromatic rings. The molecule has 0 aliphatic carbocycles. The maximum Gasteiger partial charge on any atom is 0.0579 e. The third-order valence-electron chi connectivity index (χ3n) is 1.11. The second kappa shape index (κ2) is 10.2. The Bertz CT molecular complexity index is 59.1. The van der Waals surface area contributed by atoms with E-state index in [9.17, 15) is 0 Å². The smallest absolute Gasteiger partial charge is 0.0579 e. The maximum atomic E-state index is 6.47. The van der Waals surface area contributed by atoms with E-state index in [1.54, 1.807) is 0 Å². The van der Waals surface area contributed by atoms with Gasteiger partial charge >= 0.3 is 0 Å². The third-order valence-corrected chi connectivity index (χ3v) is 1.11. The summed E-state index contributed by atoms with van der Waals surface area (Å²) in [4.78, 5) is 0. The average Bonchev–Trinajstić information content (AvgIpc) is 1.90. The topological polar surface area (TPSA) is 32.3 Å². The summed E-state index contributed by atoms with van der Waals surface area (Å²) in [7, 11) is 0. The van der Waals surface area contributed by atoms with Crippen molar-refractivity contribution in [1.29, 1.82) is 0 Å². The highest BCUT2D eigenvalue weighted by Crippen LogP contribution is 1.90. The van der Waals surface area contributed by atoms with Gasteiger partial charge in [0.2, 0.25) is 0 Å². The van der Waals surface area contributed by atoms with E-state index in [1.807, 2.05) is 0 Å². The van der Waals surface area contributed by atoms with Gasteiger partial charge in [-0.1, -0.05) is 27.7 Å². The molecule has 0 rings (SSSR count). The lowest BCUT2D eigenvalue weighted by Gasteiger charge is -2.08. The number of hydrogen-bond donors (Lipinski definition) is 2. The van der Waals surface area contributed by atoms with Gasteiger partial charge in [0.25, 0.3) is 0 Å². The van der Waals surface area contributed by atoms with Crippen molar-refractivity contribution in [2.75, 3.05) is 13.1 Å². The summed E-state index contributed by atoms with van der Waals surface area (Å²) in [6, 6.07) is 0. The Morgan fingerprint density at radius 3 is 1.45 bits per heavy atom. The van der Waals surface area contributed by atoms with Crippen molar-refractivity contribution in [3.05, 3.63) is 0 Å². The van der Waals surface area contributed by atoms with Crippen molar-refractivity contribution < 1.29 is 4.66 Å². The van der Waals surface area contributed by atoms with Crippen molar-refractivity contribution in [2.24, 2.45) is 11.8 Å². The molecule has 0 unspecified atom stereocenters. The van der Waals surface area contributed by atoms with E-state index in [4.69, 9.17) is 4.66 Å². The largest absolute Gasteiger partial charge is 0.316 e. The normalized spacial score (nSPS) is 9.82. The highest BCUT2D eigenvalue weighted by Gasteiger charge is 1.93. The summed E-state index contributed by atoms with van der Waals surface area (Å²) < 4.78 is 6.47. The van der Waals surface area contributed by atoms with Gasteiger partial charge in [0.05, 0.1) is 11.9 Å². The van der Waals surface area contributed by atoms with Crippen molar-refractivity contribution in [1.82, 2.24) is 5.32 Å². The molecule has 0 aromatic heterocycles. The van der Waals surface area contributed by atoms with E-state index < -0.39 is 0 Å². The van der Waals surface area contributed by atoms with Crippen LogP contribution in [0.1, 0.15) is 27.7 Å². The van der Waals surface area contributed by atoms with Crippen LogP contribution in [0.25, 0.3) is 0 Å². The first-order chi connectivity index (χ1) is 5.13. The third kappa shape index (κ3) is 17.8. The van der Waals surface area contributed by atoms with Crippen LogP contribution in [0.3, 0.4) is 0 Å². The molecule has 11 heavy (non-hydrogen) atoms. The molecule has 0 spiro atoms. The predicted molar refractivity (Wildman–Crippen MR) is 50.6 cm³/mol. The second-order valence-electron chi connectivity index (χ2n) is 3.45. The molecule has 0 fully saturated rings. The molecule has 0 bridgehead atoms. The van der Waals surface area contributed by atoms with Crippen LogP contribution in [0.5, 0.6) is 0 Å². The Kier molecular flexibility index (Phi) is 12.8. The van der Waals surface area contributed by atoms with Crippen LogP contribution in [0, 0.1) is 11.8 Å². The molecule has 0 atom stereocenters. The van der Waals surface area contributed by atoms with Crippen LogP contribution < -0.4 is 5.32 Å². The number of nitrogens with one attached hydrogen (secondary N) is 1. The van der Waals surface area contributed by atoms with Crippen molar-refractivity contribution >= 4 is 11.9 Å². The van der Waals surface area contributed by atoms with Crippen molar-refractivity contribution in [3.8, 4) is 0 Å². The van der Waals surface area contributed by atoms with Crippen LogP contribution in [-0.2, 0) is 0 Å². The quantitative estimate of drug-likeness (QED) is 0.696. The Morgan fingerprint density at radius 1 is 1.00 bits per heavy atom. The van der Waals surface area contributed by atoms with Gasteiger partial charge in [-0.2, -0.15) is 0 Å². The van der Waals surface area contributed by atoms with Gasteiger partial charge in [-0.05, 0) is 24.9 Å². The Hall–Kier alpha value is 0.210. The molecule has 0 amide bonds. The fourth-order valence-electron chi connectivity index (χ4n) is 0.661. The molecule has 0 saturated carbocycles. The molecule has 70 valence electrons. The summed E-state index contributed by atoms with van der Waals surface area (Å²) in [5.74, 6) is 1.56. The minimum atomic E-state index is 0.781. The molecule has 3 heteroatoms. The predicted octanol–water partition coefficient (Wildman–Crippen LogP) is 2.02. The molecular formula is C8H20ClNO. The zero-order chi connectivity index (χ0) is 9.28. The maximum absolute atomic E-state index is 6.47. The molecule has 0 aliphatic rings. The van der Waals surface area contributed by atoms with Gasteiger partial charge in [0.1, 0.15) is 0 Å². The van der Waals surface area contributed by atoms with Crippen molar-refractivity contribution in [2.45, 2.75) is 27.7 Å². The van der Waals surface area contributed by atoms with Gasteiger partial charge in [-0.15, -0.1) is 0 Å². The number of rotatable bonds is 4. The summed E-state index contributed by atoms with van der Waals surface area (Å²) in [5.41, 5.74) is 0. The van der Waals surface area contributed by atoms with E-state index in [0.29, 0.717) is 0 Å². The van der Waals surface area contributed by atoms with E-state index in [-0.39, 0.29) is 0 Å². The molecule has 0 heterocycles. The molecule has 2 N–H and O–H groups in total. The summed E-state index contributed by atoms with van der Waals surface area (Å²) in [6.07, 6.45) is 0. The standard InChI is InChI=1S/C8H19N.ClHO/c1-7(2)5-9-6-8(3)4;1-2/h7-9H,5-6H2,1-4H3;2H. The van der Waals surface area contributed by atoms with Crippen LogP contribution in [0.2, 0.25) is 0 Å². The Morgan fingerprint density at radius 2 is 1.27 bits per heavy atom. The summed E-state index contributed by atoms with van der Waals surface area (Å²) in [6.45, 7) is 11.2. The summed E-state index contributed by atoms with van der Waals surface area (Å²) >= 11 is 3.64. The Balaban J connectivity index is 0. The zero-order valence-corrected chi connectivity index (χ0v) is 8.65. The Labute approximate surface area is 75.1 Å². The molecule has 2 nitrogen and oxygen atoms in total. The van der Waals surface area contributed by atoms with Gasteiger partial charge in [-0.3, -0.25) is 4.66 Å². The minimum absolute atomic E-state index is 0.781. The van der Waals surface area contributed by atoms with Gasteiger partial charge in [-0.25, -0.2) is 0 Å². The first-order valence-corrected chi connectivity index (χ1v) is 4.34. The van der Waals surface area contributed by atoms with Crippen molar-refractivity contribution in [3.63, 3.8) is 0 Å². The number of halogens is 1. The van der Waals surface area contributed by atoms with Gasteiger partial charge in [0, 0.05) is 0 Å². The molecule has 0 radical (unpaired) electrons. The highest BCUT2D eigenvalue weighted by molar-refractivity contribution is 6.04. The van der Waals surface area contributed by atoms with E-state index in [0.717, 1.165) is 24.9 Å². The lowest BCUT2D eigenvalue weighted by atomic mass is 10.2. The monoisotopic (exact) mass is 181 g/mol. The second-order valence-corrected chi connectivity index (χ2v) is 3.45. The molecule has 0 aromatic carbocycles. The fourth-order valence-corrected chi connectivity index (χ4v) is 0.661. The van der Waals surface area contributed by atoms with E-state index in [1.165, 1.54) is 0 Å². The number of hydrogen-bond acceptors (Lipinski definition) is 2. The van der Waals surface area contributed by atoms with Crippen LogP contribution >= 0.6 is 11.9 Å². The lowest BCUT2D eigenvalue weighted by molar-refractivity contribution is 0.497. The molecule has 0 aliphatic heterocycles. The van der Waals surface area contributed by atoms with E-state index >= 15 is 0 Å². The van der Waals surface area contributed by atoms with Crippen LogP contribution in [0.4, 0.5) is 0 Å². The average molecular weight is 182 g/mol. The zero-order valence-electron chi connectivity index (χ0n) is 7.89. The first-order valence-electron chi connectivity index (χ1n) is 4.00. The van der Waals surface area contributed by atoms with Gasteiger partial charge in [0.15, 0.2) is 0 Å². The van der Waals surface area contributed by atoms with Crippen LogP contribution in [0.15, 0.2) is 0 Å². The molecule has 0 saturated heterocycles. The minimum Gasteiger partial charge on any atom is -0.316 e. The fraction of sp³-hybridized carbons (Fsp3) is 1.00. The first kappa shape index (κ1) is 13.8. The lowest BCUT2D eigenvalue weighted by Crippen LogP contribution is -2.23. The molecular weight excluding hydrogens is 162 g/mol. The summed E-state index contributed by atoms with van der Waals surface area (Å²) in [5, 5.41) is 3.38. The van der Waals surface area contributed by atoms with E-state index in [2.05, 4.69) is 44.9 Å². The van der Waals surface area contributed by atoms with Crippen LogP contribution in [-0.4, -0.2) is 17.7 Å².